The average Bonchev–Trinajstić information content (AvgIpc) is 3.12. The molecule has 1 heterocycles. The van der Waals surface area contributed by atoms with E-state index in [0.29, 0.717) is 17.6 Å². The second-order valence-corrected chi connectivity index (χ2v) is 9.90. The molecule has 4 rings (SSSR count). The van der Waals surface area contributed by atoms with Crippen LogP contribution in [0.5, 0.6) is 17.2 Å². The first-order valence-electron chi connectivity index (χ1n) is 10.1. The normalized spacial score (nSPS) is 11.6. The predicted octanol–water partition coefficient (Wildman–Crippen LogP) is 4.18. The van der Waals surface area contributed by atoms with E-state index < -0.39 is 27.2 Å². The number of aromatic nitrogens is 2. The summed E-state index contributed by atoms with van der Waals surface area (Å²) in [6.45, 7) is -0.541. The summed E-state index contributed by atoms with van der Waals surface area (Å²) in [6, 6.07) is 11.8. The van der Waals surface area contributed by atoms with Crippen LogP contribution in [-0.4, -0.2) is 38.0 Å². The smallest absolute Gasteiger partial charge is 0.282 e. The van der Waals surface area contributed by atoms with Crippen LogP contribution in [0.4, 0.5) is 8.78 Å². The van der Waals surface area contributed by atoms with Crippen molar-refractivity contribution < 1.29 is 31.4 Å². The van der Waals surface area contributed by atoms with Crippen molar-refractivity contribution >= 4 is 36.9 Å². The van der Waals surface area contributed by atoms with Gasteiger partial charge in [0.2, 0.25) is 0 Å². The maximum atomic E-state index is 14.1. The van der Waals surface area contributed by atoms with Crippen molar-refractivity contribution in [1.82, 2.24) is 8.77 Å². The van der Waals surface area contributed by atoms with Gasteiger partial charge in [0.05, 0.1) is 41.0 Å². The predicted molar refractivity (Wildman–Crippen MR) is 128 cm³/mol. The van der Waals surface area contributed by atoms with Gasteiger partial charge in [-0.2, -0.15) is 12.5 Å². The summed E-state index contributed by atoms with van der Waals surface area (Å²) in [4.78, 5) is 13.2. The maximum absolute atomic E-state index is 14.1. The van der Waals surface area contributed by atoms with E-state index >= 15 is 0 Å². The lowest BCUT2D eigenvalue weighted by atomic mass is 10.2. The molecular weight excluding hydrogens is 550 g/mol. The van der Waals surface area contributed by atoms with Crippen LogP contribution < -0.4 is 19.8 Å². The van der Waals surface area contributed by atoms with Gasteiger partial charge in [0.1, 0.15) is 23.9 Å². The van der Waals surface area contributed by atoms with Crippen molar-refractivity contribution in [1.29, 1.82) is 0 Å². The second kappa shape index (κ2) is 9.70. The summed E-state index contributed by atoms with van der Waals surface area (Å²) in [5, 5.41) is 0.107. The van der Waals surface area contributed by atoms with Crippen LogP contribution >= 0.6 is 15.9 Å². The molecule has 0 amide bonds. The lowest BCUT2D eigenvalue weighted by Crippen LogP contribution is -2.30. The van der Waals surface area contributed by atoms with Gasteiger partial charge in [-0.05, 0) is 64.5 Å². The van der Waals surface area contributed by atoms with E-state index in [1.165, 1.54) is 56.7 Å². The van der Waals surface area contributed by atoms with Gasteiger partial charge >= 0.3 is 0 Å². The molecule has 0 bridgehead atoms. The Bertz CT molecular complexity index is 1540. The van der Waals surface area contributed by atoms with Crippen molar-refractivity contribution in [3.63, 3.8) is 0 Å². The Hall–Kier alpha value is -3.38. The quantitative estimate of drug-likeness (QED) is 0.317. The molecule has 0 saturated carbocycles. The van der Waals surface area contributed by atoms with Crippen LogP contribution in [0.1, 0.15) is 0 Å². The zero-order valence-electron chi connectivity index (χ0n) is 18.5. The highest BCUT2D eigenvalue weighted by Gasteiger charge is 2.26. The van der Waals surface area contributed by atoms with Gasteiger partial charge < -0.3 is 14.2 Å². The molecule has 8 nitrogen and oxygen atoms in total. The number of fused-ring (bicyclic) bond motifs is 1. The van der Waals surface area contributed by atoms with Crippen molar-refractivity contribution in [3.8, 4) is 17.2 Å². The largest absolute Gasteiger partial charge is 0.497 e. The molecule has 4 aromatic rings. The minimum Gasteiger partial charge on any atom is -0.497 e. The summed E-state index contributed by atoms with van der Waals surface area (Å²) >= 11 is 3.03. The Labute approximate surface area is 207 Å². The fourth-order valence-electron chi connectivity index (χ4n) is 3.53. The minimum atomic E-state index is -4.24. The molecule has 0 N–H and O–H groups in total. The molecule has 3 aromatic carbocycles. The van der Waals surface area contributed by atoms with Gasteiger partial charge in [-0.25, -0.2) is 13.5 Å². The van der Waals surface area contributed by atoms with E-state index in [4.69, 9.17) is 14.2 Å². The van der Waals surface area contributed by atoms with Gasteiger partial charge in [0.15, 0.2) is 11.6 Å². The molecule has 0 spiro atoms. The topological polar surface area (TPSA) is 88.8 Å². The van der Waals surface area contributed by atoms with E-state index in [1.807, 2.05) is 0 Å². The highest BCUT2D eigenvalue weighted by Crippen LogP contribution is 2.29. The number of halogens is 3. The molecular formula is C23H19BrF2N2O6S. The zero-order valence-corrected chi connectivity index (χ0v) is 20.9. The Balaban J connectivity index is 1.79. The number of hydrogen-bond acceptors (Lipinski definition) is 6. The fraction of sp³-hybridized carbons (Fsp3) is 0.174. The molecule has 0 radical (unpaired) electrons. The molecule has 1 aromatic heterocycles. The van der Waals surface area contributed by atoms with E-state index in [0.717, 1.165) is 14.8 Å². The molecule has 0 aliphatic carbocycles. The van der Waals surface area contributed by atoms with Gasteiger partial charge in [-0.15, -0.1) is 0 Å². The van der Waals surface area contributed by atoms with Crippen LogP contribution in [0, 0.1) is 11.6 Å². The molecule has 0 fully saturated rings. The summed E-state index contributed by atoms with van der Waals surface area (Å²) < 4.78 is 72.3. The monoisotopic (exact) mass is 568 g/mol. The third-order valence-electron chi connectivity index (χ3n) is 5.19. The minimum absolute atomic E-state index is 0.0403. The Morgan fingerprint density at radius 3 is 2.23 bits per heavy atom. The van der Waals surface area contributed by atoms with Crippen LogP contribution in [0.25, 0.3) is 10.9 Å². The van der Waals surface area contributed by atoms with Crippen molar-refractivity contribution in [3.05, 3.63) is 81.1 Å². The Morgan fingerprint density at radius 1 is 0.943 bits per heavy atom. The van der Waals surface area contributed by atoms with E-state index in [1.54, 1.807) is 0 Å². The van der Waals surface area contributed by atoms with E-state index in [-0.39, 0.29) is 39.2 Å². The number of methoxy groups -OCH3 is 2. The number of nitrogens with zero attached hydrogens (tertiary/aromatic N) is 2. The van der Waals surface area contributed by atoms with Crippen LogP contribution in [0.3, 0.4) is 0 Å². The molecule has 0 atom stereocenters. The molecule has 12 heteroatoms. The SMILES string of the molecule is COc1ccc(S(=O)(=O)n2c3ccc(OC)cc3c(=O)n2CCOc2c(F)cc(F)cc2Br)cc1. The molecule has 184 valence electrons. The number of rotatable bonds is 8. The standard InChI is InChI=1S/C23H19BrF2N2O6S/c1-32-15-3-6-17(7-4-15)35(30,31)28-21-8-5-16(33-2)13-18(21)23(29)27(28)9-10-34-22-19(24)11-14(25)12-20(22)26/h3-8,11-13H,9-10H2,1-2H3. The number of benzene rings is 3. The Morgan fingerprint density at radius 2 is 1.60 bits per heavy atom. The number of hydrogen-bond donors (Lipinski definition) is 0. The van der Waals surface area contributed by atoms with Crippen molar-refractivity contribution in [2.75, 3.05) is 20.8 Å². The Kier molecular flexibility index (Phi) is 6.86. The third-order valence-corrected chi connectivity index (χ3v) is 7.50. The summed E-state index contributed by atoms with van der Waals surface area (Å²) in [5.41, 5.74) is -0.487. The second-order valence-electron chi connectivity index (χ2n) is 7.28. The highest BCUT2D eigenvalue weighted by molar-refractivity contribution is 9.10. The average molecular weight is 569 g/mol. The van der Waals surface area contributed by atoms with Crippen LogP contribution in [-0.2, 0) is 16.6 Å². The first kappa shape index (κ1) is 24.7. The van der Waals surface area contributed by atoms with E-state index in [9.17, 15) is 22.0 Å². The molecule has 0 aliphatic heterocycles. The van der Waals surface area contributed by atoms with Crippen molar-refractivity contribution in [2.24, 2.45) is 0 Å². The lowest BCUT2D eigenvalue weighted by molar-refractivity contribution is 0.271. The highest BCUT2D eigenvalue weighted by atomic mass is 79.9. The molecule has 0 saturated heterocycles. The van der Waals surface area contributed by atoms with Crippen molar-refractivity contribution in [2.45, 2.75) is 11.4 Å². The number of ether oxygens (including phenoxy) is 3. The maximum Gasteiger partial charge on any atom is 0.282 e. The third kappa shape index (κ3) is 4.63. The zero-order chi connectivity index (χ0) is 25.3. The first-order chi connectivity index (χ1) is 16.7. The first-order valence-corrected chi connectivity index (χ1v) is 12.4. The summed E-state index contributed by atoms with van der Waals surface area (Å²) in [7, 11) is -1.36. The molecule has 0 aliphatic rings. The molecule has 0 unspecified atom stereocenters. The van der Waals surface area contributed by atoms with Gasteiger partial charge in [-0.3, -0.25) is 4.79 Å². The van der Waals surface area contributed by atoms with Crippen LogP contribution in [0.2, 0.25) is 0 Å². The summed E-state index contributed by atoms with van der Waals surface area (Å²) in [5.74, 6) is -1.17. The van der Waals surface area contributed by atoms with Gasteiger partial charge in [0, 0.05) is 6.07 Å². The van der Waals surface area contributed by atoms with E-state index in [2.05, 4.69) is 15.9 Å². The van der Waals surface area contributed by atoms with Gasteiger partial charge in [-0.1, -0.05) is 0 Å². The lowest BCUT2D eigenvalue weighted by Gasteiger charge is -2.15. The molecule has 35 heavy (non-hydrogen) atoms. The van der Waals surface area contributed by atoms with Gasteiger partial charge in [0.25, 0.3) is 15.6 Å². The van der Waals surface area contributed by atoms with Crippen LogP contribution in [0.15, 0.2) is 68.8 Å². The summed E-state index contributed by atoms with van der Waals surface area (Å²) in [6.07, 6.45) is 0. The fourth-order valence-corrected chi connectivity index (χ4v) is 5.57.